The third kappa shape index (κ3) is 5.73. The second-order valence-corrected chi connectivity index (χ2v) is 7.69. The number of esters is 1. The summed E-state index contributed by atoms with van der Waals surface area (Å²) in [6, 6.07) is 16.4. The van der Waals surface area contributed by atoms with Crippen LogP contribution in [0.15, 0.2) is 54.6 Å². The number of halogens is 1. The zero-order valence-corrected chi connectivity index (χ0v) is 18.6. The standard InChI is InChI=1S/C24H26ClN3O3/c1-4-31-24(30)15-22(18-8-6-5-7-9-18)26-23(29)14-21-16(2)27-28(17(21)3)20-12-10-19(25)11-13-20/h5-13,22H,4,14-15H2,1-3H3,(H,26,29). The zero-order chi connectivity index (χ0) is 22.4. The highest BCUT2D eigenvalue weighted by Crippen LogP contribution is 2.22. The van der Waals surface area contributed by atoms with Crippen LogP contribution in [0.5, 0.6) is 0 Å². The number of benzene rings is 2. The van der Waals surface area contributed by atoms with Crippen LogP contribution in [0.3, 0.4) is 0 Å². The van der Waals surface area contributed by atoms with Gasteiger partial charge >= 0.3 is 5.97 Å². The average molecular weight is 440 g/mol. The van der Waals surface area contributed by atoms with Gasteiger partial charge in [-0.25, -0.2) is 4.68 Å². The summed E-state index contributed by atoms with van der Waals surface area (Å²) in [5.74, 6) is -0.528. The fraction of sp³-hybridized carbons (Fsp3) is 0.292. The highest BCUT2D eigenvalue weighted by molar-refractivity contribution is 6.30. The molecule has 0 spiro atoms. The van der Waals surface area contributed by atoms with Crippen molar-refractivity contribution >= 4 is 23.5 Å². The summed E-state index contributed by atoms with van der Waals surface area (Å²) in [7, 11) is 0. The maximum atomic E-state index is 12.9. The minimum absolute atomic E-state index is 0.0750. The molecule has 0 saturated carbocycles. The molecular weight excluding hydrogens is 414 g/mol. The average Bonchev–Trinajstić information content (AvgIpc) is 3.03. The first-order valence-electron chi connectivity index (χ1n) is 10.2. The monoisotopic (exact) mass is 439 g/mol. The molecule has 1 N–H and O–H groups in total. The van der Waals surface area contributed by atoms with Crippen LogP contribution in [0.4, 0.5) is 0 Å². The SMILES string of the molecule is CCOC(=O)CC(NC(=O)Cc1c(C)nn(-c2ccc(Cl)cc2)c1C)c1ccccc1. The van der Waals surface area contributed by atoms with Crippen molar-refractivity contribution in [3.63, 3.8) is 0 Å². The minimum atomic E-state index is -0.459. The molecule has 3 rings (SSSR count). The van der Waals surface area contributed by atoms with Crippen LogP contribution in [0, 0.1) is 13.8 Å². The Morgan fingerprint density at radius 2 is 1.77 bits per heavy atom. The molecule has 6 nitrogen and oxygen atoms in total. The van der Waals surface area contributed by atoms with Crippen LogP contribution in [-0.2, 0) is 20.7 Å². The number of aromatic nitrogens is 2. The maximum Gasteiger partial charge on any atom is 0.308 e. The van der Waals surface area contributed by atoms with E-state index >= 15 is 0 Å². The second-order valence-electron chi connectivity index (χ2n) is 7.25. The van der Waals surface area contributed by atoms with E-state index in [0.29, 0.717) is 11.6 Å². The molecule has 0 aliphatic rings. The summed E-state index contributed by atoms with van der Waals surface area (Å²) < 4.78 is 6.89. The van der Waals surface area contributed by atoms with Crippen molar-refractivity contribution in [3.05, 3.63) is 82.1 Å². The molecule has 1 aromatic heterocycles. The van der Waals surface area contributed by atoms with E-state index in [4.69, 9.17) is 16.3 Å². The highest BCUT2D eigenvalue weighted by Gasteiger charge is 2.21. The number of ether oxygens (including phenoxy) is 1. The molecule has 0 radical (unpaired) electrons. The molecule has 2 aromatic carbocycles. The van der Waals surface area contributed by atoms with Crippen molar-refractivity contribution in [2.24, 2.45) is 0 Å². The molecule has 0 saturated heterocycles. The number of aryl methyl sites for hydroxylation is 1. The van der Waals surface area contributed by atoms with Gasteiger partial charge in [0.05, 0.1) is 36.9 Å². The second kappa shape index (κ2) is 10.3. The third-order valence-corrected chi connectivity index (χ3v) is 5.31. The Hall–Kier alpha value is -3.12. The van der Waals surface area contributed by atoms with E-state index in [1.807, 2.05) is 61.0 Å². The molecular formula is C24H26ClN3O3. The molecule has 1 atom stereocenters. The molecule has 0 aliphatic heterocycles. The van der Waals surface area contributed by atoms with E-state index in [9.17, 15) is 9.59 Å². The van der Waals surface area contributed by atoms with Gasteiger partial charge in [0.25, 0.3) is 0 Å². The Morgan fingerprint density at radius 1 is 1.10 bits per heavy atom. The summed E-state index contributed by atoms with van der Waals surface area (Å²) >= 11 is 5.98. The van der Waals surface area contributed by atoms with Gasteiger partial charge in [-0.2, -0.15) is 5.10 Å². The largest absolute Gasteiger partial charge is 0.466 e. The molecule has 0 fully saturated rings. The molecule has 31 heavy (non-hydrogen) atoms. The normalized spacial score (nSPS) is 11.7. The minimum Gasteiger partial charge on any atom is -0.466 e. The van der Waals surface area contributed by atoms with Crippen LogP contribution >= 0.6 is 11.6 Å². The quantitative estimate of drug-likeness (QED) is 0.524. The van der Waals surface area contributed by atoms with E-state index in [1.54, 1.807) is 19.1 Å². The van der Waals surface area contributed by atoms with Gasteiger partial charge in [-0.1, -0.05) is 41.9 Å². The van der Waals surface area contributed by atoms with Crippen molar-refractivity contribution in [1.29, 1.82) is 0 Å². The fourth-order valence-corrected chi connectivity index (χ4v) is 3.62. The number of carbonyl (C=O) groups is 2. The zero-order valence-electron chi connectivity index (χ0n) is 17.9. The number of hydrogen-bond donors (Lipinski definition) is 1. The maximum absolute atomic E-state index is 12.9. The molecule has 1 heterocycles. The van der Waals surface area contributed by atoms with E-state index < -0.39 is 6.04 Å². The van der Waals surface area contributed by atoms with E-state index in [1.165, 1.54) is 0 Å². The first-order chi connectivity index (χ1) is 14.9. The van der Waals surface area contributed by atoms with Crippen LogP contribution in [0.25, 0.3) is 5.69 Å². The fourth-order valence-electron chi connectivity index (χ4n) is 3.49. The Labute approximate surface area is 187 Å². The van der Waals surface area contributed by atoms with Crippen LogP contribution < -0.4 is 5.32 Å². The van der Waals surface area contributed by atoms with Crippen LogP contribution in [-0.4, -0.2) is 28.3 Å². The predicted octanol–water partition coefficient (Wildman–Crippen LogP) is 4.50. The summed E-state index contributed by atoms with van der Waals surface area (Å²) in [5.41, 5.74) is 4.26. The van der Waals surface area contributed by atoms with Gasteiger partial charge < -0.3 is 10.1 Å². The van der Waals surface area contributed by atoms with Crippen molar-refractivity contribution in [1.82, 2.24) is 15.1 Å². The van der Waals surface area contributed by atoms with Crippen molar-refractivity contribution < 1.29 is 14.3 Å². The Bertz CT molecular complexity index is 1050. The first-order valence-corrected chi connectivity index (χ1v) is 10.6. The van der Waals surface area contributed by atoms with Gasteiger partial charge in [0.2, 0.25) is 5.91 Å². The van der Waals surface area contributed by atoms with Crippen molar-refractivity contribution in [2.75, 3.05) is 6.61 Å². The molecule has 162 valence electrons. The van der Waals surface area contributed by atoms with E-state index in [2.05, 4.69) is 10.4 Å². The van der Waals surface area contributed by atoms with E-state index in [-0.39, 0.29) is 24.7 Å². The van der Waals surface area contributed by atoms with Gasteiger partial charge in [-0.05, 0) is 50.6 Å². The summed E-state index contributed by atoms with van der Waals surface area (Å²) in [6.07, 6.45) is 0.239. The molecule has 3 aromatic rings. The number of nitrogens with zero attached hydrogens (tertiary/aromatic N) is 2. The number of carbonyl (C=O) groups excluding carboxylic acids is 2. The van der Waals surface area contributed by atoms with Gasteiger partial charge in [-0.15, -0.1) is 0 Å². The summed E-state index contributed by atoms with van der Waals surface area (Å²) in [6.45, 7) is 5.88. The number of hydrogen-bond acceptors (Lipinski definition) is 4. The first kappa shape index (κ1) is 22.6. The summed E-state index contributed by atoms with van der Waals surface area (Å²) in [5, 5.41) is 8.23. The smallest absolute Gasteiger partial charge is 0.308 e. The molecule has 1 unspecified atom stereocenters. The Morgan fingerprint density at radius 3 is 2.42 bits per heavy atom. The molecule has 0 aliphatic carbocycles. The topological polar surface area (TPSA) is 73.2 Å². The van der Waals surface area contributed by atoms with Gasteiger partial charge in [-0.3, -0.25) is 9.59 Å². The van der Waals surface area contributed by atoms with E-state index in [0.717, 1.165) is 28.2 Å². The number of nitrogens with one attached hydrogen (secondary N) is 1. The Balaban J connectivity index is 1.78. The lowest BCUT2D eigenvalue weighted by Gasteiger charge is -2.18. The third-order valence-electron chi connectivity index (χ3n) is 5.06. The van der Waals surface area contributed by atoms with Crippen molar-refractivity contribution in [3.8, 4) is 5.69 Å². The summed E-state index contributed by atoms with van der Waals surface area (Å²) in [4.78, 5) is 25.0. The number of amides is 1. The Kier molecular flexibility index (Phi) is 7.47. The molecule has 0 bridgehead atoms. The lowest BCUT2D eigenvalue weighted by atomic mass is 10.0. The van der Waals surface area contributed by atoms with Gasteiger partial charge in [0.15, 0.2) is 0 Å². The predicted molar refractivity (Wildman–Crippen MR) is 120 cm³/mol. The van der Waals surface area contributed by atoms with Gasteiger partial charge in [0, 0.05) is 16.3 Å². The van der Waals surface area contributed by atoms with Gasteiger partial charge in [0.1, 0.15) is 0 Å². The highest BCUT2D eigenvalue weighted by atomic mass is 35.5. The molecule has 1 amide bonds. The van der Waals surface area contributed by atoms with Crippen molar-refractivity contribution in [2.45, 2.75) is 39.7 Å². The lowest BCUT2D eigenvalue weighted by Crippen LogP contribution is -2.32. The lowest BCUT2D eigenvalue weighted by molar-refractivity contribution is -0.143. The number of rotatable bonds is 8. The van der Waals surface area contributed by atoms with Crippen LogP contribution in [0.1, 0.15) is 41.9 Å². The van der Waals surface area contributed by atoms with Crippen LogP contribution in [0.2, 0.25) is 5.02 Å². The molecule has 7 heteroatoms.